The highest BCUT2D eigenvalue weighted by Crippen LogP contribution is 2.15. The van der Waals surface area contributed by atoms with E-state index in [-0.39, 0.29) is 5.91 Å². The van der Waals surface area contributed by atoms with Crippen LogP contribution < -0.4 is 0 Å². The molecule has 18 heavy (non-hydrogen) atoms. The van der Waals surface area contributed by atoms with Gasteiger partial charge in [0.05, 0.1) is 0 Å². The lowest BCUT2D eigenvalue weighted by Crippen LogP contribution is -2.14. The van der Waals surface area contributed by atoms with Gasteiger partial charge in [-0.15, -0.1) is 0 Å². The summed E-state index contributed by atoms with van der Waals surface area (Å²) in [6, 6.07) is 11.4. The van der Waals surface area contributed by atoms with Gasteiger partial charge in [0.2, 0.25) is 0 Å². The minimum absolute atomic E-state index is 0.0554. The first-order valence-electron chi connectivity index (χ1n) is 5.99. The van der Waals surface area contributed by atoms with E-state index in [9.17, 15) is 4.79 Å². The summed E-state index contributed by atoms with van der Waals surface area (Å²) in [5.74, 6) is 1.09. The molecule has 0 N–H and O–H groups in total. The molecule has 0 aliphatic heterocycles. The molecule has 0 spiro atoms. The van der Waals surface area contributed by atoms with Crippen molar-refractivity contribution in [2.75, 3.05) is 12.0 Å². The number of nitrogens with zero attached hydrogens (tertiary/aromatic N) is 1. The summed E-state index contributed by atoms with van der Waals surface area (Å²) in [5.41, 5.74) is 3.05. The Labute approximate surface area is 112 Å². The van der Waals surface area contributed by atoms with Crippen molar-refractivity contribution in [3.05, 3.63) is 59.4 Å². The van der Waals surface area contributed by atoms with Crippen LogP contribution in [0.1, 0.15) is 21.6 Å². The second-order valence-electron chi connectivity index (χ2n) is 4.23. The minimum atomic E-state index is 0.0554. The van der Waals surface area contributed by atoms with E-state index in [4.69, 9.17) is 0 Å². The van der Waals surface area contributed by atoms with Crippen molar-refractivity contribution in [1.82, 2.24) is 4.57 Å². The molecule has 0 saturated heterocycles. The fraction of sp³-hybridized carbons (Fsp3) is 0.267. The lowest BCUT2D eigenvalue weighted by atomic mass is 10.2. The third-order valence-corrected chi connectivity index (χ3v) is 3.61. The van der Waals surface area contributed by atoms with Gasteiger partial charge in [-0.05, 0) is 49.1 Å². The van der Waals surface area contributed by atoms with E-state index in [0.29, 0.717) is 0 Å². The van der Waals surface area contributed by atoms with Gasteiger partial charge in [0.1, 0.15) is 0 Å². The zero-order valence-corrected chi connectivity index (χ0v) is 11.5. The summed E-state index contributed by atoms with van der Waals surface area (Å²) in [6.45, 7) is 2.06. The Kier molecular flexibility index (Phi) is 4.26. The van der Waals surface area contributed by atoms with Gasteiger partial charge in [0.25, 0.3) is 5.91 Å². The predicted molar refractivity (Wildman–Crippen MR) is 77.4 cm³/mol. The molecular formula is C15H17NOS. The van der Waals surface area contributed by atoms with Crippen LogP contribution in [-0.4, -0.2) is 22.5 Å². The van der Waals surface area contributed by atoms with E-state index in [0.717, 1.165) is 23.4 Å². The number of hydrogen-bond donors (Lipinski definition) is 0. The van der Waals surface area contributed by atoms with Crippen molar-refractivity contribution in [2.45, 2.75) is 13.3 Å². The molecule has 0 radical (unpaired) electrons. The van der Waals surface area contributed by atoms with Crippen LogP contribution in [0.25, 0.3) is 0 Å². The van der Waals surface area contributed by atoms with Gasteiger partial charge in [0.15, 0.2) is 0 Å². The highest BCUT2D eigenvalue weighted by Gasteiger charge is 2.13. The Morgan fingerprint density at radius 2 is 1.94 bits per heavy atom. The van der Waals surface area contributed by atoms with Crippen molar-refractivity contribution < 1.29 is 4.79 Å². The van der Waals surface area contributed by atoms with E-state index in [1.54, 1.807) is 16.3 Å². The van der Waals surface area contributed by atoms with E-state index in [2.05, 4.69) is 13.2 Å². The van der Waals surface area contributed by atoms with E-state index >= 15 is 0 Å². The average Bonchev–Trinajstić information content (AvgIpc) is 2.78. The molecule has 0 bridgehead atoms. The Morgan fingerprint density at radius 1 is 1.22 bits per heavy atom. The highest BCUT2D eigenvalue weighted by atomic mass is 32.2. The molecule has 2 nitrogen and oxygen atoms in total. The smallest absolute Gasteiger partial charge is 0.262 e. The van der Waals surface area contributed by atoms with Crippen molar-refractivity contribution in [3.63, 3.8) is 0 Å². The van der Waals surface area contributed by atoms with Crippen LogP contribution in [0.15, 0.2) is 42.6 Å². The first-order valence-corrected chi connectivity index (χ1v) is 7.39. The van der Waals surface area contributed by atoms with Crippen LogP contribution in [0.3, 0.4) is 0 Å². The molecule has 2 aromatic rings. The molecular weight excluding hydrogens is 242 g/mol. The molecule has 0 saturated carbocycles. The largest absolute Gasteiger partial charge is 0.287 e. The van der Waals surface area contributed by atoms with Gasteiger partial charge in [-0.25, -0.2) is 0 Å². The molecule has 1 aromatic heterocycles. The number of hydrogen-bond acceptors (Lipinski definition) is 2. The molecule has 0 unspecified atom stereocenters. The monoisotopic (exact) mass is 259 g/mol. The van der Waals surface area contributed by atoms with Crippen LogP contribution in [0.4, 0.5) is 0 Å². The predicted octanol–water partition coefficient (Wildman–Crippen LogP) is 3.39. The maximum absolute atomic E-state index is 12.4. The lowest BCUT2D eigenvalue weighted by Gasteiger charge is -2.08. The summed E-state index contributed by atoms with van der Waals surface area (Å²) in [4.78, 5) is 12.4. The Morgan fingerprint density at radius 3 is 2.61 bits per heavy atom. The molecule has 1 aromatic carbocycles. The third kappa shape index (κ3) is 2.67. The first kappa shape index (κ1) is 13.0. The first-order chi connectivity index (χ1) is 8.74. The molecule has 0 aliphatic rings. The molecule has 0 atom stereocenters. The topological polar surface area (TPSA) is 22.0 Å². The van der Waals surface area contributed by atoms with Crippen LogP contribution >= 0.6 is 11.8 Å². The molecule has 0 fully saturated rings. The van der Waals surface area contributed by atoms with Crippen LogP contribution in [0, 0.1) is 6.92 Å². The number of aryl methyl sites for hydroxylation is 1. The zero-order chi connectivity index (χ0) is 13.0. The lowest BCUT2D eigenvalue weighted by molar-refractivity contribution is 0.0957. The van der Waals surface area contributed by atoms with Gasteiger partial charge < -0.3 is 0 Å². The average molecular weight is 259 g/mol. The van der Waals surface area contributed by atoms with Crippen LogP contribution in [0.5, 0.6) is 0 Å². The number of benzene rings is 1. The van der Waals surface area contributed by atoms with Crippen LogP contribution in [0.2, 0.25) is 0 Å². The Hall–Kier alpha value is -1.48. The maximum Gasteiger partial charge on any atom is 0.262 e. The summed E-state index contributed by atoms with van der Waals surface area (Å²) in [5, 5.41) is 0. The normalized spacial score (nSPS) is 10.6. The molecule has 0 amide bonds. The van der Waals surface area contributed by atoms with E-state index < -0.39 is 0 Å². The summed E-state index contributed by atoms with van der Waals surface area (Å²) < 4.78 is 1.78. The second kappa shape index (κ2) is 5.91. The zero-order valence-electron chi connectivity index (χ0n) is 10.7. The van der Waals surface area contributed by atoms with Gasteiger partial charge in [0, 0.05) is 17.5 Å². The van der Waals surface area contributed by atoms with Crippen molar-refractivity contribution in [2.24, 2.45) is 0 Å². The number of aromatic nitrogens is 1. The standard InChI is InChI=1S/C15H17NOS/c1-12-8-10-16(14(12)9-11-18-2)15(17)13-6-4-3-5-7-13/h3-8,10H,9,11H2,1-2H3. The van der Waals surface area contributed by atoms with Gasteiger partial charge >= 0.3 is 0 Å². The van der Waals surface area contributed by atoms with Gasteiger partial charge in [-0.3, -0.25) is 9.36 Å². The quantitative estimate of drug-likeness (QED) is 0.839. The third-order valence-electron chi connectivity index (χ3n) is 3.00. The second-order valence-corrected chi connectivity index (χ2v) is 5.22. The number of carbonyl (C=O) groups excluding carboxylic acids is 1. The van der Waals surface area contributed by atoms with Crippen molar-refractivity contribution >= 4 is 17.7 Å². The fourth-order valence-corrected chi connectivity index (χ4v) is 2.39. The number of carbonyl (C=O) groups is 1. The fourth-order valence-electron chi connectivity index (χ4n) is 1.99. The highest BCUT2D eigenvalue weighted by molar-refractivity contribution is 7.98. The SMILES string of the molecule is CSCCc1c(C)ccn1C(=O)c1ccccc1. The maximum atomic E-state index is 12.4. The molecule has 2 rings (SSSR count). The van der Waals surface area contributed by atoms with E-state index in [1.165, 1.54) is 5.56 Å². The van der Waals surface area contributed by atoms with Crippen molar-refractivity contribution in [1.29, 1.82) is 0 Å². The molecule has 1 heterocycles. The molecule has 0 aliphatic carbocycles. The summed E-state index contributed by atoms with van der Waals surface area (Å²) in [7, 11) is 0. The van der Waals surface area contributed by atoms with Gasteiger partial charge in [-0.2, -0.15) is 11.8 Å². The molecule has 94 valence electrons. The summed E-state index contributed by atoms with van der Waals surface area (Å²) in [6.07, 6.45) is 4.89. The Balaban J connectivity index is 2.31. The molecule has 3 heteroatoms. The van der Waals surface area contributed by atoms with Crippen molar-refractivity contribution in [3.8, 4) is 0 Å². The number of thioether (sulfide) groups is 1. The van der Waals surface area contributed by atoms with Crippen LogP contribution in [-0.2, 0) is 6.42 Å². The minimum Gasteiger partial charge on any atom is -0.287 e. The van der Waals surface area contributed by atoms with Gasteiger partial charge in [-0.1, -0.05) is 18.2 Å². The van der Waals surface area contributed by atoms with E-state index in [1.807, 2.05) is 42.6 Å². The Bertz CT molecular complexity index is 531. The summed E-state index contributed by atoms with van der Waals surface area (Å²) >= 11 is 1.80. The number of rotatable bonds is 4.